The van der Waals surface area contributed by atoms with E-state index in [1.54, 1.807) is 0 Å². The summed E-state index contributed by atoms with van der Waals surface area (Å²) in [7, 11) is 0. The Labute approximate surface area is 199 Å². The van der Waals surface area contributed by atoms with Gasteiger partial charge in [0, 0.05) is 25.2 Å². The third-order valence-electron chi connectivity index (χ3n) is 8.01. The fourth-order valence-electron chi connectivity index (χ4n) is 5.94. The highest BCUT2D eigenvalue weighted by Gasteiger charge is 2.45. The quantitative estimate of drug-likeness (QED) is 0.723. The van der Waals surface area contributed by atoms with E-state index in [1.165, 1.54) is 5.56 Å². The van der Waals surface area contributed by atoms with Gasteiger partial charge in [0.05, 0.1) is 5.41 Å². The molecule has 1 saturated heterocycles. The third-order valence-corrected chi connectivity index (χ3v) is 8.01. The van der Waals surface area contributed by atoms with E-state index in [1.807, 2.05) is 24.3 Å². The van der Waals surface area contributed by atoms with Gasteiger partial charge in [-0.3, -0.25) is 4.79 Å². The first kappa shape index (κ1) is 21.6. The highest BCUT2D eigenvalue weighted by Crippen LogP contribution is 2.45. The number of rotatable bonds is 5. The zero-order valence-electron chi connectivity index (χ0n) is 19.4. The lowest BCUT2D eigenvalue weighted by Gasteiger charge is -2.39. The van der Waals surface area contributed by atoms with Gasteiger partial charge in [-0.25, -0.2) is 0 Å². The Kier molecular flexibility index (Phi) is 5.52. The van der Waals surface area contributed by atoms with Crippen LogP contribution in [0.3, 0.4) is 0 Å². The summed E-state index contributed by atoms with van der Waals surface area (Å²) in [4.78, 5) is 13.9. The molecule has 0 aromatic heterocycles. The number of carbonyl (C=O) groups excluding carboxylic acids is 1. The van der Waals surface area contributed by atoms with Gasteiger partial charge in [0.15, 0.2) is 23.0 Å². The Morgan fingerprint density at radius 2 is 1.35 bits per heavy atom. The standard InChI is InChI=1S/C27H31NO6/c29-25(27(7-1-2-8-27)20-4-6-21-23(16-20)32-14-13-31-21)28-17-26(9-11-30-12-10-26)19-3-5-22-24(15-19)34-18-33-22/h3-6,15-16H,1-2,7-14,17-18H2,(H,28,29). The van der Waals surface area contributed by atoms with Crippen molar-refractivity contribution in [3.8, 4) is 23.0 Å². The minimum absolute atomic E-state index is 0.105. The van der Waals surface area contributed by atoms with Crippen molar-refractivity contribution in [3.05, 3.63) is 47.5 Å². The van der Waals surface area contributed by atoms with Gasteiger partial charge in [-0.1, -0.05) is 25.0 Å². The molecule has 2 aromatic rings. The van der Waals surface area contributed by atoms with Gasteiger partial charge in [-0.05, 0) is 61.1 Å². The van der Waals surface area contributed by atoms with E-state index in [4.69, 9.17) is 23.7 Å². The lowest BCUT2D eigenvalue weighted by Crippen LogP contribution is -2.50. The summed E-state index contributed by atoms with van der Waals surface area (Å²) in [6.07, 6.45) is 5.48. The summed E-state index contributed by atoms with van der Waals surface area (Å²) in [6.45, 7) is 3.28. The summed E-state index contributed by atoms with van der Waals surface area (Å²) >= 11 is 0. The van der Waals surface area contributed by atoms with Crippen LogP contribution >= 0.6 is 0 Å². The van der Waals surface area contributed by atoms with Gasteiger partial charge in [-0.15, -0.1) is 0 Å². The van der Waals surface area contributed by atoms with Crippen molar-refractivity contribution in [2.75, 3.05) is 39.8 Å². The maximum Gasteiger partial charge on any atom is 0.231 e. The Hall–Kier alpha value is -2.93. The van der Waals surface area contributed by atoms with E-state index >= 15 is 0 Å². The van der Waals surface area contributed by atoms with E-state index in [9.17, 15) is 4.79 Å². The molecule has 2 aromatic carbocycles. The molecule has 4 aliphatic rings. The normalized spacial score (nSPS) is 21.8. The van der Waals surface area contributed by atoms with E-state index in [0.29, 0.717) is 33.0 Å². The second-order valence-electron chi connectivity index (χ2n) is 9.79. The zero-order chi connectivity index (χ0) is 23.0. The van der Waals surface area contributed by atoms with Crippen LogP contribution in [0.1, 0.15) is 49.7 Å². The Balaban J connectivity index is 1.26. The molecule has 34 heavy (non-hydrogen) atoms. The molecular formula is C27H31NO6. The number of amides is 1. The van der Waals surface area contributed by atoms with Gasteiger partial charge in [0.25, 0.3) is 0 Å². The van der Waals surface area contributed by atoms with Crippen LogP contribution in [-0.4, -0.2) is 45.7 Å². The average molecular weight is 466 g/mol. The van der Waals surface area contributed by atoms with E-state index in [2.05, 4.69) is 17.4 Å². The van der Waals surface area contributed by atoms with Crippen LogP contribution in [0.15, 0.2) is 36.4 Å². The number of benzene rings is 2. The molecule has 2 fully saturated rings. The molecule has 180 valence electrons. The number of carbonyl (C=O) groups is 1. The number of fused-ring (bicyclic) bond motifs is 2. The molecule has 0 unspecified atom stereocenters. The molecule has 3 heterocycles. The summed E-state index contributed by atoms with van der Waals surface area (Å²) in [5, 5.41) is 3.38. The predicted octanol–water partition coefficient (Wildman–Crippen LogP) is 3.86. The van der Waals surface area contributed by atoms with Crippen molar-refractivity contribution in [1.29, 1.82) is 0 Å². The highest BCUT2D eigenvalue weighted by atomic mass is 16.7. The lowest BCUT2D eigenvalue weighted by molar-refractivity contribution is -0.127. The summed E-state index contributed by atoms with van der Waals surface area (Å²) in [5.41, 5.74) is 1.47. The summed E-state index contributed by atoms with van der Waals surface area (Å²) < 4.78 is 28.4. The van der Waals surface area contributed by atoms with Crippen LogP contribution in [0.25, 0.3) is 0 Å². The van der Waals surface area contributed by atoms with E-state index < -0.39 is 5.41 Å². The maximum absolute atomic E-state index is 13.9. The van der Waals surface area contributed by atoms with Crippen LogP contribution < -0.4 is 24.3 Å². The monoisotopic (exact) mass is 465 g/mol. The molecule has 6 rings (SSSR count). The zero-order valence-corrected chi connectivity index (χ0v) is 19.4. The molecule has 7 nitrogen and oxygen atoms in total. The Morgan fingerprint density at radius 1 is 0.735 bits per heavy atom. The second-order valence-corrected chi connectivity index (χ2v) is 9.79. The minimum Gasteiger partial charge on any atom is -0.486 e. The smallest absolute Gasteiger partial charge is 0.231 e. The largest absolute Gasteiger partial charge is 0.486 e. The number of hydrogen-bond acceptors (Lipinski definition) is 6. The van der Waals surface area contributed by atoms with Crippen molar-refractivity contribution in [3.63, 3.8) is 0 Å². The topological polar surface area (TPSA) is 75.3 Å². The SMILES string of the molecule is O=C(NCC1(c2ccc3c(c2)OCO3)CCOCC1)C1(c2ccc3c(c2)OCCO3)CCCC1. The minimum atomic E-state index is -0.531. The molecule has 1 N–H and O–H groups in total. The first-order valence-corrected chi connectivity index (χ1v) is 12.4. The van der Waals surface area contributed by atoms with E-state index in [0.717, 1.165) is 67.1 Å². The number of hydrogen-bond donors (Lipinski definition) is 1. The Bertz CT molecular complexity index is 1070. The Morgan fingerprint density at radius 3 is 2.15 bits per heavy atom. The van der Waals surface area contributed by atoms with Crippen LogP contribution in [0, 0.1) is 0 Å². The second kappa shape index (κ2) is 8.69. The fourth-order valence-corrected chi connectivity index (χ4v) is 5.94. The van der Waals surface area contributed by atoms with E-state index in [-0.39, 0.29) is 18.1 Å². The van der Waals surface area contributed by atoms with Gasteiger partial charge < -0.3 is 29.0 Å². The number of ether oxygens (including phenoxy) is 5. The highest BCUT2D eigenvalue weighted by molar-refractivity contribution is 5.89. The first-order valence-electron chi connectivity index (χ1n) is 12.4. The lowest BCUT2D eigenvalue weighted by atomic mass is 9.73. The molecule has 0 spiro atoms. The van der Waals surface area contributed by atoms with Gasteiger partial charge >= 0.3 is 0 Å². The van der Waals surface area contributed by atoms with Crippen molar-refractivity contribution < 1.29 is 28.5 Å². The molecule has 0 bridgehead atoms. The van der Waals surface area contributed by atoms with Crippen LogP contribution in [0.4, 0.5) is 0 Å². The summed E-state index contributed by atoms with van der Waals surface area (Å²) in [6, 6.07) is 12.2. The molecule has 1 aliphatic carbocycles. The van der Waals surface area contributed by atoms with Gasteiger partial charge in [-0.2, -0.15) is 0 Å². The van der Waals surface area contributed by atoms with Crippen LogP contribution in [-0.2, 0) is 20.4 Å². The van der Waals surface area contributed by atoms with Crippen molar-refractivity contribution >= 4 is 5.91 Å². The van der Waals surface area contributed by atoms with Gasteiger partial charge in [0.2, 0.25) is 12.7 Å². The van der Waals surface area contributed by atoms with Crippen molar-refractivity contribution in [1.82, 2.24) is 5.32 Å². The first-order chi connectivity index (χ1) is 16.7. The van der Waals surface area contributed by atoms with Crippen LogP contribution in [0.2, 0.25) is 0 Å². The molecule has 0 radical (unpaired) electrons. The molecular weight excluding hydrogens is 434 g/mol. The molecule has 3 aliphatic heterocycles. The van der Waals surface area contributed by atoms with Crippen LogP contribution in [0.5, 0.6) is 23.0 Å². The molecule has 0 atom stereocenters. The summed E-state index contributed by atoms with van der Waals surface area (Å²) in [5.74, 6) is 3.15. The molecule has 7 heteroatoms. The van der Waals surface area contributed by atoms with Gasteiger partial charge in [0.1, 0.15) is 13.2 Å². The third kappa shape index (κ3) is 3.66. The van der Waals surface area contributed by atoms with Crippen molar-refractivity contribution in [2.24, 2.45) is 0 Å². The van der Waals surface area contributed by atoms with Crippen molar-refractivity contribution in [2.45, 2.75) is 49.4 Å². The fraction of sp³-hybridized carbons (Fsp3) is 0.519. The number of nitrogens with one attached hydrogen (secondary N) is 1. The molecule has 1 saturated carbocycles. The maximum atomic E-state index is 13.9. The predicted molar refractivity (Wildman–Crippen MR) is 125 cm³/mol. The molecule has 1 amide bonds. The average Bonchev–Trinajstić information content (AvgIpc) is 3.58.